The lowest BCUT2D eigenvalue weighted by Gasteiger charge is -2.19. The van der Waals surface area contributed by atoms with E-state index in [1.165, 1.54) is 12.8 Å². The molecule has 1 saturated carbocycles. The monoisotopic (exact) mass is 209 g/mol. The van der Waals surface area contributed by atoms with Gasteiger partial charge in [-0.25, -0.2) is 4.98 Å². The van der Waals surface area contributed by atoms with Gasteiger partial charge in [0, 0.05) is 20.4 Å². The highest BCUT2D eigenvalue weighted by Gasteiger charge is 2.27. The smallest absolute Gasteiger partial charge is 0.203 e. The van der Waals surface area contributed by atoms with Gasteiger partial charge in [-0.15, -0.1) is 0 Å². The van der Waals surface area contributed by atoms with Crippen LogP contribution in [0.25, 0.3) is 0 Å². The van der Waals surface area contributed by atoms with Gasteiger partial charge in [-0.3, -0.25) is 0 Å². The maximum atomic E-state index is 5.44. The maximum absolute atomic E-state index is 5.44. The molecule has 4 heteroatoms. The van der Waals surface area contributed by atoms with E-state index in [1.807, 2.05) is 24.7 Å². The number of ether oxygens (including phenoxy) is 1. The molecule has 2 rings (SSSR count). The number of nitrogens with zero attached hydrogens (tertiary/aromatic N) is 2. The van der Waals surface area contributed by atoms with E-state index in [2.05, 4.69) is 10.3 Å². The molecular weight excluding hydrogens is 190 g/mol. The third kappa shape index (κ3) is 2.15. The van der Waals surface area contributed by atoms with Crippen molar-refractivity contribution in [3.8, 4) is 0 Å². The number of rotatable bonds is 3. The molecule has 0 radical (unpaired) electrons. The van der Waals surface area contributed by atoms with Crippen LogP contribution in [0.2, 0.25) is 0 Å². The van der Waals surface area contributed by atoms with Crippen LogP contribution in [-0.2, 0) is 11.8 Å². The summed E-state index contributed by atoms with van der Waals surface area (Å²) in [6.45, 7) is 2.01. The lowest BCUT2D eigenvalue weighted by molar-refractivity contribution is 0.101. The minimum atomic E-state index is 0.335. The predicted molar refractivity (Wildman–Crippen MR) is 60.0 cm³/mol. The van der Waals surface area contributed by atoms with E-state index in [-0.39, 0.29) is 0 Å². The maximum Gasteiger partial charge on any atom is 0.203 e. The van der Waals surface area contributed by atoms with Gasteiger partial charge in [0.2, 0.25) is 5.95 Å². The average Bonchev–Trinajstić information content (AvgIpc) is 2.74. The molecule has 15 heavy (non-hydrogen) atoms. The van der Waals surface area contributed by atoms with E-state index in [4.69, 9.17) is 4.74 Å². The fraction of sp³-hybridized carbons (Fsp3) is 0.727. The number of aryl methyl sites for hydroxylation is 2. The highest BCUT2D eigenvalue weighted by Crippen LogP contribution is 2.24. The van der Waals surface area contributed by atoms with Crippen LogP contribution in [0.4, 0.5) is 5.95 Å². The zero-order chi connectivity index (χ0) is 10.8. The predicted octanol–water partition coefficient (Wildman–Crippen LogP) is 1.71. The molecule has 1 fully saturated rings. The summed E-state index contributed by atoms with van der Waals surface area (Å²) >= 11 is 0. The molecule has 0 aromatic carbocycles. The van der Waals surface area contributed by atoms with Gasteiger partial charge in [0.25, 0.3) is 0 Å². The van der Waals surface area contributed by atoms with E-state index < -0.39 is 0 Å². The van der Waals surface area contributed by atoms with Crippen LogP contribution in [0.15, 0.2) is 6.20 Å². The van der Waals surface area contributed by atoms with E-state index in [1.54, 1.807) is 7.11 Å². The number of nitrogens with one attached hydrogen (secondary N) is 1. The summed E-state index contributed by atoms with van der Waals surface area (Å²) in [7, 11) is 3.80. The van der Waals surface area contributed by atoms with Gasteiger partial charge < -0.3 is 14.6 Å². The van der Waals surface area contributed by atoms with Crippen molar-refractivity contribution in [2.45, 2.75) is 38.3 Å². The topological polar surface area (TPSA) is 39.1 Å². The molecule has 2 unspecified atom stereocenters. The molecule has 0 spiro atoms. The Hall–Kier alpha value is -1.03. The lowest BCUT2D eigenvalue weighted by atomic mass is 10.2. The molecule has 1 aromatic rings. The Kier molecular flexibility index (Phi) is 2.95. The first-order valence-electron chi connectivity index (χ1n) is 5.50. The normalized spacial score (nSPS) is 25.8. The van der Waals surface area contributed by atoms with Gasteiger partial charge >= 0.3 is 0 Å². The molecule has 0 bridgehead atoms. The quantitative estimate of drug-likeness (QED) is 0.823. The Morgan fingerprint density at radius 1 is 1.53 bits per heavy atom. The van der Waals surface area contributed by atoms with Gasteiger partial charge in [0.1, 0.15) is 0 Å². The number of anilines is 1. The minimum Gasteiger partial charge on any atom is -0.379 e. The minimum absolute atomic E-state index is 0.335. The summed E-state index contributed by atoms with van der Waals surface area (Å²) in [5, 5.41) is 3.46. The Morgan fingerprint density at radius 2 is 2.33 bits per heavy atom. The van der Waals surface area contributed by atoms with Crippen molar-refractivity contribution in [3.63, 3.8) is 0 Å². The van der Waals surface area contributed by atoms with Gasteiger partial charge in [-0.2, -0.15) is 0 Å². The van der Waals surface area contributed by atoms with E-state index in [0.717, 1.165) is 18.1 Å². The van der Waals surface area contributed by atoms with E-state index in [9.17, 15) is 0 Å². The molecule has 1 aliphatic rings. The standard InChI is InChI=1S/C11H19N3O/c1-8-7-14(2)11(12-8)13-9-5-4-6-10(9)15-3/h7,9-10H,4-6H2,1-3H3,(H,12,13). The van der Waals surface area contributed by atoms with Crippen LogP contribution in [-0.4, -0.2) is 28.8 Å². The van der Waals surface area contributed by atoms with Crippen molar-refractivity contribution in [3.05, 3.63) is 11.9 Å². The van der Waals surface area contributed by atoms with Crippen molar-refractivity contribution in [2.24, 2.45) is 7.05 Å². The fourth-order valence-electron chi connectivity index (χ4n) is 2.29. The van der Waals surface area contributed by atoms with E-state index in [0.29, 0.717) is 12.1 Å². The number of aromatic nitrogens is 2. The highest BCUT2D eigenvalue weighted by atomic mass is 16.5. The molecule has 1 aliphatic carbocycles. The van der Waals surface area contributed by atoms with Crippen LogP contribution in [0.3, 0.4) is 0 Å². The van der Waals surface area contributed by atoms with Crippen LogP contribution in [0, 0.1) is 6.92 Å². The SMILES string of the molecule is COC1CCCC1Nc1nc(C)cn1C. The van der Waals surface area contributed by atoms with Crippen molar-refractivity contribution in [1.82, 2.24) is 9.55 Å². The molecule has 1 heterocycles. The number of hydrogen-bond acceptors (Lipinski definition) is 3. The van der Waals surface area contributed by atoms with Crippen molar-refractivity contribution in [2.75, 3.05) is 12.4 Å². The zero-order valence-electron chi connectivity index (χ0n) is 9.66. The third-order valence-corrected chi connectivity index (χ3v) is 3.07. The average molecular weight is 209 g/mol. The number of hydrogen-bond donors (Lipinski definition) is 1. The zero-order valence-corrected chi connectivity index (χ0v) is 9.66. The van der Waals surface area contributed by atoms with Crippen molar-refractivity contribution in [1.29, 1.82) is 0 Å². The summed E-state index contributed by atoms with van der Waals surface area (Å²) in [5.74, 6) is 0.946. The fourth-order valence-corrected chi connectivity index (χ4v) is 2.29. The molecule has 0 aliphatic heterocycles. The summed E-state index contributed by atoms with van der Waals surface area (Å²) in [4.78, 5) is 4.44. The van der Waals surface area contributed by atoms with Crippen LogP contribution in [0.1, 0.15) is 25.0 Å². The number of imidazole rings is 1. The van der Waals surface area contributed by atoms with Gasteiger partial charge in [-0.1, -0.05) is 0 Å². The summed E-state index contributed by atoms with van der Waals surface area (Å²) in [6.07, 6.45) is 5.92. The Bertz CT molecular complexity index is 335. The van der Waals surface area contributed by atoms with Gasteiger partial charge in [-0.05, 0) is 26.2 Å². The Balaban J connectivity index is 2.05. The Labute approximate surface area is 90.6 Å². The molecule has 1 N–H and O–H groups in total. The first kappa shape index (κ1) is 10.5. The van der Waals surface area contributed by atoms with Gasteiger partial charge in [0.15, 0.2) is 0 Å². The first-order valence-corrected chi connectivity index (χ1v) is 5.50. The van der Waals surface area contributed by atoms with Gasteiger partial charge in [0.05, 0.1) is 17.8 Å². The Morgan fingerprint density at radius 3 is 2.93 bits per heavy atom. The second kappa shape index (κ2) is 4.23. The van der Waals surface area contributed by atoms with E-state index >= 15 is 0 Å². The van der Waals surface area contributed by atoms with Crippen LogP contribution in [0.5, 0.6) is 0 Å². The van der Waals surface area contributed by atoms with Crippen molar-refractivity contribution >= 4 is 5.95 Å². The molecular formula is C11H19N3O. The molecule has 0 saturated heterocycles. The van der Waals surface area contributed by atoms with Crippen LogP contribution < -0.4 is 5.32 Å². The molecule has 0 amide bonds. The van der Waals surface area contributed by atoms with Crippen LogP contribution >= 0.6 is 0 Å². The number of methoxy groups -OCH3 is 1. The molecule has 1 aromatic heterocycles. The first-order chi connectivity index (χ1) is 7.20. The summed E-state index contributed by atoms with van der Waals surface area (Å²) < 4.78 is 7.47. The second-order valence-corrected chi connectivity index (χ2v) is 4.27. The molecule has 4 nitrogen and oxygen atoms in total. The summed E-state index contributed by atoms with van der Waals surface area (Å²) in [6, 6.07) is 0.412. The van der Waals surface area contributed by atoms with Crippen molar-refractivity contribution < 1.29 is 4.74 Å². The lowest BCUT2D eigenvalue weighted by Crippen LogP contribution is -2.30. The molecule has 84 valence electrons. The second-order valence-electron chi connectivity index (χ2n) is 4.27. The highest BCUT2D eigenvalue weighted by molar-refractivity contribution is 5.30. The third-order valence-electron chi connectivity index (χ3n) is 3.07. The summed E-state index contributed by atoms with van der Waals surface area (Å²) in [5.41, 5.74) is 1.05. The largest absolute Gasteiger partial charge is 0.379 e. The molecule has 2 atom stereocenters.